The van der Waals surface area contributed by atoms with Gasteiger partial charge >= 0.3 is 5.97 Å². The summed E-state index contributed by atoms with van der Waals surface area (Å²) < 4.78 is 18.3. The van der Waals surface area contributed by atoms with Crippen LogP contribution in [0, 0.1) is 39.9 Å². The Balaban J connectivity index is 1.80. The third-order valence-electron chi connectivity index (χ3n) is 13.6. The molecule has 14 unspecified atom stereocenters. The molecule has 0 aromatic carbocycles. The molecular weight excluding hydrogens is 588 g/mol. The first-order valence-corrected chi connectivity index (χ1v) is 17.3. The molecule has 3 aliphatic carbocycles. The van der Waals surface area contributed by atoms with Gasteiger partial charge in [-0.2, -0.15) is 0 Å². The zero-order valence-corrected chi connectivity index (χ0v) is 29.7. The average Bonchev–Trinajstić information content (AvgIpc) is 3.35. The van der Waals surface area contributed by atoms with Crippen LogP contribution in [0.25, 0.3) is 0 Å². The lowest BCUT2D eigenvalue weighted by Gasteiger charge is -2.68. The molecule has 0 amide bonds. The molecule has 0 radical (unpaired) electrons. The number of carbonyl (C=O) groups is 1. The van der Waals surface area contributed by atoms with Crippen molar-refractivity contribution >= 4 is 5.97 Å². The molecule has 1 aliphatic heterocycles. The normalized spacial score (nSPS) is 46.0. The largest absolute Gasteiger partial charge is 0.481 e. The molecule has 4 rings (SSSR count). The number of hydrogen-bond acceptors (Lipinski definition) is 8. The Morgan fingerprint density at radius 1 is 1.04 bits per heavy atom. The standard InChI is InChI=1S/C37H62O9/c1-21(2)23-12-18-35(7)26(34(23,6)17-14-27(38)39)20-25(46-32-31(42)30(41)29(40)22(3)45-32)28-24(13-19-36(28,35)8)37(9,43)16-11-15-33(4,5)44-10/h11,15,22-26,28-32,40-43H,1,12-14,16-20H2,2-10H3,(H,38,39)/b15-11+. The van der Waals surface area contributed by atoms with Crippen molar-refractivity contribution in [3.05, 3.63) is 24.3 Å². The number of aliphatic hydroxyl groups is 4. The van der Waals surface area contributed by atoms with Crippen LogP contribution in [0.1, 0.15) is 107 Å². The van der Waals surface area contributed by atoms with Crippen LogP contribution in [0.15, 0.2) is 24.3 Å². The number of hydrogen-bond donors (Lipinski definition) is 5. The van der Waals surface area contributed by atoms with Gasteiger partial charge in [0.05, 0.1) is 23.4 Å². The van der Waals surface area contributed by atoms with E-state index in [0.29, 0.717) is 19.3 Å². The van der Waals surface area contributed by atoms with Gasteiger partial charge in [-0.05, 0) is 119 Å². The van der Waals surface area contributed by atoms with Gasteiger partial charge in [-0.3, -0.25) is 4.79 Å². The topological polar surface area (TPSA) is 146 Å². The summed E-state index contributed by atoms with van der Waals surface area (Å²) >= 11 is 0. The van der Waals surface area contributed by atoms with E-state index in [4.69, 9.17) is 14.2 Å². The zero-order valence-electron chi connectivity index (χ0n) is 29.7. The SMILES string of the molecule is C=C(C)C1CCC2(C)C(CC(OC3OC(C)C(O)C(O)C3O)C3C(C(C)(O)C/C=C/C(C)(C)OC)CCC32C)C1(C)CCC(=O)O. The fourth-order valence-corrected chi connectivity index (χ4v) is 10.6. The molecule has 5 N–H and O–H groups in total. The number of methoxy groups -OCH3 is 1. The minimum atomic E-state index is -1.45. The first-order chi connectivity index (χ1) is 21.1. The number of ether oxygens (including phenoxy) is 3. The predicted molar refractivity (Wildman–Crippen MR) is 176 cm³/mol. The van der Waals surface area contributed by atoms with E-state index in [0.717, 1.165) is 31.3 Å². The summed E-state index contributed by atoms with van der Waals surface area (Å²) in [5.41, 5.74) is -1.28. The molecule has 0 aromatic heterocycles. The van der Waals surface area contributed by atoms with Gasteiger partial charge in [-0.25, -0.2) is 0 Å². The highest BCUT2D eigenvalue weighted by atomic mass is 16.7. The first kappa shape index (κ1) is 37.5. The van der Waals surface area contributed by atoms with Crippen LogP contribution in [0.4, 0.5) is 0 Å². The van der Waals surface area contributed by atoms with Crippen molar-refractivity contribution in [3.63, 3.8) is 0 Å². The maximum atomic E-state index is 12.2. The van der Waals surface area contributed by atoms with Gasteiger partial charge in [-0.1, -0.05) is 45.1 Å². The number of carboxylic acids is 1. The van der Waals surface area contributed by atoms with E-state index in [9.17, 15) is 30.3 Å². The second-order valence-corrected chi connectivity index (χ2v) is 16.8. The number of allylic oxidation sites excluding steroid dienone is 1. The molecule has 1 heterocycles. The lowest BCUT2D eigenvalue weighted by Crippen LogP contribution is -2.65. The first-order valence-electron chi connectivity index (χ1n) is 17.3. The van der Waals surface area contributed by atoms with Crippen molar-refractivity contribution in [2.24, 2.45) is 39.9 Å². The quantitative estimate of drug-likeness (QED) is 0.150. The molecular formula is C37H62O9. The third kappa shape index (κ3) is 6.51. The fourth-order valence-electron chi connectivity index (χ4n) is 10.6. The summed E-state index contributed by atoms with van der Waals surface area (Å²) in [6.07, 6.45) is 2.65. The maximum absolute atomic E-state index is 12.2. The fraction of sp³-hybridized carbons (Fsp3) is 0.865. The molecule has 264 valence electrons. The van der Waals surface area contributed by atoms with Gasteiger partial charge in [0.25, 0.3) is 0 Å². The Bertz CT molecular complexity index is 1150. The molecule has 0 aromatic rings. The van der Waals surface area contributed by atoms with Gasteiger partial charge in [0.2, 0.25) is 0 Å². The number of aliphatic carboxylic acids is 1. The minimum Gasteiger partial charge on any atom is -0.481 e. The summed E-state index contributed by atoms with van der Waals surface area (Å²) in [5, 5.41) is 54.1. The molecule has 9 heteroatoms. The van der Waals surface area contributed by atoms with E-state index >= 15 is 0 Å². The van der Waals surface area contributed by atoms with Crippen molar-refractivity contribution in [3.8, 4) is 0 Å². The lowest BCUT2D eigenvalue weighted by atomic mass is 9.37. The average molecular weight is 651 g/mol. The van der Waals surface area contributed by atoms with Gasteiger partial charge in [0.1, 0.15) is 18.3 Å². The molecule has 1 saturated heterocycles. The molecule has 3 saturated carbocycles. The van der Waals surface area contributed by atoms with Crippen molar-refractivity contribution in [1.29, 1.82) is 0 Å². The van der Waals surface area contributed by atoms with Gasteiger partial charge in [0, 0.05) is 13.5 Å². The highest BCUT2D eigenvalue weighted by Gasteiger charge is 2.70. The zero-order chi connectivity index (χ0) is 34.6. The monoisotopic (exact) mass is 650 g/mol. The van der Waals surface area contributed by atoms with Crippen molar-refractivity contribution < 1.29 is 44.5 Å². The number of carboxylic acid groups (broad SMARTS) is 1. The number of rotatable bonds is 11. The second kappa shape index (κ2) is 13.2. The highest BCUT2D eigenvalue weighted by Crippen LogP contribution is 2.74. The molecule has 0 spiro atoms. The number of fused-ring (bicyclic) bond motifs is 3. The summed E-state index contributed by atoms with van der Waals surface area (Å²) in [6.45, 7) is 20.8. The summed E-state index contributed by atoms with van der Waals surface area (Å²) in [6, 6.07) is 0. The molecule has 0 bridgehead atoms. The predicted octanol–water partition coefficient (Wildman–Crippen LogP) is 5.24. The van der Waals surface area contributed by atoms with Crippen molar-refractivity contribution in [2.45, 2.75) is 155 Å². The van der Waals surface area contributed by atoms with Gasteiger partial charge < -0.3 is 39.7 Å². The van der Waals surface area contributed by atoms with Gasteiger partial charge in [-0.15, -0.1) is 0 Å². The summed E-state index contributed by atoms with van der Waals surface area (Å²) in [7, 11) is 1.66. The van der Waals surface area contributed by atoms with Crippen LogP contribution < -0.4 is 0 Å². The van der Waals surface area contributed by atoms with Crippen molar-refractivity contribution in [2.75, 3.05) is 7.11 Å². The molecule has 4 aliphatic rings. The van der Waals surface area contributed by atoms with Crippen LogP contribution in [-0.2, 0) is 19.0 Å². The van der Waals surface area contributed by atoms with Crippen LogP contribution in [0.3, 0.4) is 0 Å². The summed E-state index contributed by atoms with van der Waals surface area (Å²) in [4.78, 5) is 11.9. The Morgan fingerprint density at radius 2 is 1.67 bits per heavy atom. The second-order valence-electron chi connectivity index (χ2n) is 16.8. The Kier molecular flexibility index (Phi) is 10.7. The summed E-state index contributed by atoms with van der Waals surface area (Å²) in [5.74, 6) is -0.834. The van der Waals surface area contributed by atoms with Crippen LogP contribution in [0.2, 0.25) is 0 Å². The van der Waals surface area contributed by atoms with E-state index in [1.165, 1.54) is 0 Å². The highest BCUT2D eigenvalue weighted by molar-refractivity contribution is 5.66. The van der Waals surface area contributed by atoms with E-state index in [2.05, 4.69) is 34.3 Å². The van der Waals surface area contributed by atoms with E-state index in [1.807, 2.05) is 32.9 Å². The van der Waals surface area contributed by atoms with Crippen LogP contribution in [-0.4, -0.2) is 86.6 Å². The van der Waals surface area contributed by atoms with Crippen molar-refractivity contribution in [1.82, 2.24) is 0 Å². The molecule has 14 atom stereocenters. The maximum Gasteiger partial charge on any atom is 0.303 e. The Morgan fingerprint density at radius 3 is 2.26 bits per heavy atom. The molecule has 46 heavy (non-hydrogen) atoms. The van der Waals surface area contributed by atoms with E-state index in [-0.39, 0.29) is 46.3 Å². The van der Waals surface area contributed by atoms with E-state index < -0.39 is 54.0 Å². The number of aliphatic hydroxyl groups excluding tert-OH is 3. The Labute approximate surface area is 276 Å². The van der Waals surface area contributed by atoms with E-state index in [1.54, 1.807) is 14.0 Å². The Hall–Kier alpha value is -1.33. The minimum absolute atomic E-state index is 0.0616. The van der Waals surface area contributed by atoms with Gasteiger partial charge in [0.15, 0.2) is 6.29 Å². The van der Waals surface area contributed by atoms with Crippen LogP contribution >= 0.6 is 0 Å². The molecule has 4 fully saturated rings. The lowest BCUT2D eigenvalue weighted by molar-refractivity contribution is -0.327. The smallest absolute Gasteiger partial charge is 0.303 e. The third-order valence-corrected chi connectivity index (χ3v) is 13.6. The molecule has 9 nitrogen and oxygen atoms in total. The van der Waals surface area contributed by atoms with Crippen LogP contribution in [0.5, 0.6) is 0 Å².